The third kappa shape index (κ3) is 3.14. The number of aliphatic hydroxyl groups is 2. The Balaban J connectivity index is 1.36. The molecule has 9 heteroatoms. The van der Waals surface area contributed by atoms with E-state index in [2.05, 4.69) is 5.16 Å². The first kappa shape index (κ1) is 18.4. The van der Waals surface area contributed by atoms with Gasteiger partial charge >= 0.3 is 6.09 Å². The number of aliphatic hydroxyl groups excluding tert-OH is 2. The van der Waals surface area contributed by atoms with Gasteiger partial charge in [-0.15, -0.1) is 0 Å². The van der Waals surface area contributed by atoms with Crippen molar-refractivity contribution in [3.8, 4) is 5.88 Å². The first-order valence-corrected chi connectivity index (χ1v) is 9.72. The van der Waals surface area contributed by atoms with E-state index in [1.54, 1.807) is 12.1 Å². The molecule has 0 radical (unpaired) electrons. The van der Waals surface area contributed by atoms with Gasteiger partial charge in [-0.1, -0.05) is 6.07 Å². The van der Waals surface area contributed by atoms with E-state index in [1.165, 1.54) is 17.2 Å². The fourth-order valence-corrected chi connectivity index (χ4v) is 4.62. The largest absolute Gasteiger partial charge is 0.471 e. The van der Waals surface area contributed by atoms with E-state index in [1.807, 2.05) is 0 Å². The third-order valence-electron chi connectivity index (χ3n) is 6.13. The van der Waals surface area contributed by atoms with E-state index < -0.39 is 30.2 Å². The highest BCUT2D eigenvalue weighted by molar-refractivity contribution is 5.93. The second-order valence-corrected chi connectivity index (χ2v) is 7.86. The lowest BCUT2D eigenvalue weighted by atomic mass is 9.80. The minimum absolute atomic E-state index is 0.121. The average molecular weight is 404 g/mol. The Hall–Kier alpha value is -2.65. The quantitative estimate of drug-likeness (QED) is 0.804. The van der Waals surface area contributed by atoms with Crippen LogP contribution in [-0.4, -0.2) is 52.4 Å². The van der Waals surface area contributed by atoms with Crippen LogP contribution in [0.15, 0.2) is 29.0 Å². The first-order chi connectivity index (χ1) is 14.0. The molecule has 1 aromatic heterocycles. The molecule has 0 bridgehead atoms. The van der Waals surface area contributed by atoms with Crippen molar-refractivity contribution in [1.82, 2.24) is 5.16 Å². The summed E-state index contributed by atoms with van der Waals surface area (Å²) in [6.07, 6.45) is 0.642. The summed E-state index contributed by atoms with van der Waals surface area (Å²) >= 11 is 0. The molecule has 3 aliphatic rings. The van der Waals surface area contributed by atoms with E-state index in [0.29, 0.717) is 42.8 Å². The SMILES string of the molecule is O=C1O[C@@H](COc2ccon2)[C@@H]2Cc3cc(C4CC[C@@H](O)[C@@H](O)C4)c(F)cc3N12. The molecular weight excluding hydrogens is 383 g/mol. The Morgan fingerprint density at radius 1 is 1.28 bits per heavy atom. The maximum Gasteiger partial charge on any atom is 0.415 e. The molecule has 5 atom stereocenters. The van der Waals surface area contributed by atoms with E-state index >= 15 is 0 Å². The minimum Gasteiger partial charge on any atom is -0.471 e. The lowest BCUT2D eigenvalue weighted by Gasteiger charge is -2.30. The van der Waals surface area contributed by atoms with Crippen LogP contribution in [0.25, 0.3) is 0 Å². The smallest absolute Gasteiger partial charge is 0.415 e. The van der Waals surface area contributed by atoms with Gasteiger partial charge in [-0.3, -0.25) is 4.90 Å². The number of ether oxygens (including phenoxy) is 2. The summed E-state index contributed by atoms with van der Waals surface area (Å²) in [6.45, 7) is 0.121. The van der Waals surface area contributed by atoms with Crippen molar-refractivity contribution >= 4 is 11.8 Å². The highest BCUT2D eigenvalue weighted by Gasteiger charge is 2.48. The maximum atomic E-state index is 14.9. The number of nitrogens with zero attached hydrogens (tertiary/aromatic N) is 2. The van der Waals surface area contributed by atoms with Crippen molar-refractivity contribution < 1.29 is 33.4 Å². The van der Waals surface area contributed by atoms with E-state index in [-0.39, 0.29) is 18.6 Å². The number of halogens is 1. The zero-order valence-corrected chi connectivity index (χ0v) is 15.5. The van der Waals surface area contributed by atoms with Crippen LogP contribution in [0.5, 0.6) is 5.88 Å². The molecule has 1 aliphatic carbocycles. The average Bonchev–Trinajstić information content (AvgIpc) is 3.40. The highest BCUT2D eigenvalue weighted by Crippen LogP contribution is 2.43. The lowest BCUT2D eigenvalue weighted by Crippen LogP contribution is -2.36. The molecular formula is C20H21FN2O6. The summed E-state index contributed by atoms with van der Waals surface area (Å²) < 4.78 is 30.6. The number of hydrogen-bond donors (Lipinski definition) is 2. The van der Waals surface area contributed by atoms with Crippen molar-refractivity contribution in [2.75, 3.05) is 11.5 Å². The van der Waals surface area contributed by atoms with Crippen LogP contribution >= 0.6 is 0 Å². The van der Waals surface area contributed by atoms with E-state index in [4.69, 9.17) is 14.0 Å². The fourth-order valence-electron chi connectivity index (χ4n) is 4.62. The van der Waals surface area contributed by atoms with Crippen LogP contribution in [0, 0.1) is 5.82 Å². The van der Waals surface area contributed by atoms with Gasteiger partial charge in [0.25, 0.3) is 5.88 Å². The second kappa shape index (κ2) is 7.00. The van der Waals surface area contributed by atoms with Crippen molar-refractivity contribution in [2.24, 2.45) is 0 Å². The second-order valence-electron chi connectivity index (χ2n) is 7.86. The fraction of sp³-hybridized carbons (Fsp3) is 0.500. The zero-order chi connectivity index (χ0) is 20.1. The van der Waals surface area contributed by atoms with Crippen molar-refractivity contribution in [1.29, 1.82) is 0 Å². The predicted octanol–water partition coefficient (Wildman–Crippen LogP) is 2.13. The number of cyclic esters (lactones) is 1. The molecule has 2 aliphatic heterocycles. The molecule has 1 amide bonds. The number of benzene rings is 1. The Morgan fingerprint density at radius 2 is 2.14 bits per heavy atom. The summed E-state index contributed by atoms with van der Waals surface area (Å²) in [4.78, 5) is 13.9. The van der Waals surface area contributed by atoms with Gasteiger partial charge in [-0.2, -0.15) is 0 Å². The lowest BCUT2D eigenvalue weighted by molar-refractivity contribution is -0.0152. The molecule has 1 unspecified atom stereocenters. The van der Waals surface area contributed by atoms with Crippen LogP contribution in [0.1, 0.15) is 36.3 Å². The van der Waals surface area contributed by atoms with Gasteiger partial charge in [-0.25, -0.2) is 9.18 Å². The summed E-state index contributed by atoms with van der Waals surface area (Å²) in [7, 11) is 0. The number of amides is 1. The highest BCUT2D eigenvalue weighted by atomic mass is 19.1. The van der Waals surface area contributed by atoms with Crippen LogP contribution < -0.4 is 9.64 Å². The maximum absolute atomic E-state index is 14.9. The summed E-state index contributed by atoms with van der Waals surface area (Å²) in [5.41, 5.74) is 1.91. The Labute approximate surface area is 165 Å². The molecule has 1 saturated carbocycles. The predicted molar refractivity (Wildman–Crippen MR) is 97.2 cm³/mol. The topological polar surface area (TPSA) is 105 Å². The monoisotopic (exact) mass is 404 g/mol. The van der Waals surface area contributed by atoms with Gasteiger partial charge in [0, 0.05) is 6.07 Å². The molecule has 154 valence electrons. The molecule has 1 aromatic carbocycles. The van der Waals surface area contributed by atoms with Gasteiger partial charge in [0.1, 0.15) is 18.7 Å². The van der Waals surface area contributed by atoms with Gasteiger partial charge < -0.3 is 24.2 Å². The molecule has 2 fully saturated rings. The zero-order valence-electron chi connectivity index (χ0n) is 15.5. The third-order valence-corrected chi connectivity index (χ3v) is 6.13. The Kier molecular flexibility index (Phi) is 4.44. The summed E-state index contributed by atoms with van der Waals surface area (Å²) in [5, 5.41) is 23.4. The Bertz CT molecular complexity index is 920. The van der Waals surface area contributed by atoms with Gasteiger partial charge in [0.2, 0.25) is 0 Å². The number of fused-ring (bicyclic) bond motifs is 3. The number of rotatable bonds is 4. The van der Waals surface area contributed by atoms with Crippen LogP contribution in [-0.2, 0) is 11.2 Å². The number of carbonyl (C=O) groups is 1. The normalized spacial score (nSPS) is 30.8. The number of aromatic nitrogens is 1. The van der Waals surface area contributed by atoms with Crippen molar-refractivity contribution in [3.05, 3.63) is 41.4 Å². The van der Waals surface area contributed by atoms with Gasteiger partial charge in [0.05, 0.1) is 23.9 Å². The van der Waals surface area contributed by atoms with E-state index in [0.717, 1.165) is 5.56 Å². The van der Waals surface area contributed by atoms with E-state index in [9.17, 15) is 19.4 Å². The Morgan fingerprint density at radius 3 is 2.90 bits per heavy atom. The molecule has 3 heterocycles. The van der Waals surface area contributed by atoms with Gasteiger partial charge in [0.15, 0.2) is 6.10 Å². The summed E-state index contributed by atoms with van der Waals surface area (Å²) in [6, 6.07) is 4.46. The van der Waals surface area contributed by atoms with Crippen LogP contribution in [0.2, 0.25) is 0 Å². The van der Waals surface area contributed by atoms with Crippen molar-refractivity contribution in [3.63, 3.8) is 0 Å². The van der Waals surface area contributed by atoms with Crippen LogP contribution in [0.4, 0.5) is 14.9 Å². The first-order valence-electron chi connectivity index (χ1n) is 9.72. The summed E-state index contributed by atoms with van der Waals surface area (Å²) in [5.74, 6) is -0.262. The molecule has 2 N–H and O–H groups in total. The molecule has 0 spiro atoms. The number of hydrogen-bond acceptors (Lipinski definition) is 7. The van der Waals surface area contributed by atoms with Crippen molar-refractivity contribution in [2.45, 2.75) is 56.0 Å². The molecule has 1 saturated heterocycles. The standard InChI is InChI=1S/C20H21FN2O6/c21-13-8-14-11(5-12(13)10-1-2-16(24)17(25)7-10)6-15-18(29-20(26)23(14)15)9-27-19-3-4-28-22-19/h3-5,8,10,15-18,24-25H,1-2,6-7,9H2/t10?,15-,16+,17-,18-/m0/s1. The number of carbonyl (C=O) groups excluding carboxylic acids is 1. The number of anilines is 1. The van der Waals surface area contributed by atoms with Crippen LogP contribution in [0.3, 0.4) is 0 Å². The van der Waals surface area contributed by atoms with Gasteiger partial charge in [-0.05, 0) is 54.0 Å². The minimum atomic E-state index is -0.849. The molecule has 8 nitrogen and oxygen atoms in total. The molecule has 2 aromatic rings. The molecule has 29 heavy (non-hydrogen) atoms. The molecule has 5 rings (SSSR count).